The maximum atomic E-state index is 14.1. The van der Waals surface area contributed by atoms with Crippen LogP contribution in [0.15, 0.2) is 24.3 Å². The van der Waals surface area contributed by atoms with Crippen LogP contribution in [0.3, 0.4) is 0 Å². The normalized spacial score (nSPS) is 15.8. The molecule has 0 aliphatic carbocycles. The molecule has 0 saturated heterocycles. The van der Waals surface area contributed by atoms with Crippen LogP contribution in [0.5, 0.6) is 0 Å². The van der Waals surface area contributed by atoms with E-state index in [0.29, 0.717) is 12.1 Å². The van der Waals surface area contributed by atoms with Crippen LogP contribution in [0.2, 0.25) is 0 Å². The zero-order chi connectivity index (χ0) is 15.7. The zero-order valence-electron chi connectivity index (χ0n) is 12.7. The van der Waals surface area contributed by atoms with Crippen molar-refractivity contribution >= 4 is 23.1 Å². The maximum absolute atomic E-state index is 14.1. The summed E-state index contributed by atoms with van der Waals surface area (Å²) in [5.74, 6) is -0.855. The Labute approximate surface area is 123 Å². The number of carbonyl (C=O) groups excluding carboxylic acids is 2. The third-order valence-corrected chi connectivity index (χ3v) is 3.28. The fourth-order valence-corrected chi connectivity index (χ4v) is 2.30. The number of benzene rings is 1. The number of nitrogens with zero attached hydrogens (tertiary/aromatic N) is 2. The Balaban J connectivity index is 2.54. The van der Waals surface area contributed by atoms with E-state index in [2.05, 4.69) is 0 Å². The van der Waals surface area contributed by atoms with Crippen molar-refractivity contribution in [3.8, 4) is 0 Å². The molecule has 0 unspecified atom stereocenters. The van der Waals surface area contributed by atoms with Gasteiger partial charge in [0, 0.05) is 32.3 Å². The number of para-hydroxylation sites is 1. The van der Waals surface area contributed by atoms with Crippen molar-refractivity contribution in [3.05, 3.63) is 35.7 Å². The minimum Gasteiger partial charge on any atom is -0.345 e. The second-order valence-electron chi connectivity index (χ2n) is 5.74. The van der Waals surface area contributed by atoms with Gasteiger partial charge in [0.15, 0.2) is 0 Å². The van der Waals surface area contributed by atoms with E-state index in [1.54, 1.807) is 26.2 Å². The van der Waals surface area contributed by atoms with Gasteiger partial charge in [-0.2, -0.15) is 0 Å². The summed E-state index contributed by atoms with van der Waals surface area (Å²) >= 11 is 0. The average molecular weight is 290 g/mol. The highest BCUT2D eigenvalue weighted by atomic mass is 19.1. The van der Waals surface area contributed by atoms with Crippen molar-refractivity contribution < 1.29 is 14.0 Å². The smallest absolute Gasteiger partial charge is 0.259 e. The van der Waals surface area contributed by atoms with Crippen LogP contribution < -0.4 is 4.90 Å². The van der Waals surface area contributed by atoms with E-state index < -0.39 is 5.82 Å². The molecular weight excluding hydrogens is 271 g/mol. The van der Waals surface area contributed by atoms with E-state index in [9.17, 15) is 14.0 Å². The van der Waals surface area contributed by atoms with Gasteiger partial charge in [0.1, 0.15) is 5.82 Å². The molecule has 112 valence electrons. The molecule has 1 aliphatic rings. The van der Waals surface area contributed by atoms with E-state index >= 15 is 0 Å². The molecule has 21 heavy (non-hydrogen) atoms. The first-order chi connectivity index (χ1) is 9.82. The van der Waals surface area contributed by atoms with E-state index in [4.69, 9.17) is 0 Å². The molecule has 5 heteroatoms. The third kappa shape index (κ3) is 2.82. The number of fused-ring (bicyclic) bond motifs is 1. The lowest BCUT2D eigenvalue weighted by Crippen LogP contribution is -2.31. The molecule has 0 N–H and O–H groups in total. The van der Waals surface area contributed by atoms with E-state index in [0.717, 1.165) is 0 Å². The number of carbonyl (C=O) groups is 2. The highest BCUT2D eigenvalue weighted by Gasteiger charge is 2.35. The molecule has 2 amide bonds. The summed E-state index contributed by atoms with van der Waals surface area (Å²) in [5.41, 5.74) is 1.01. The third-order valence-electron chi connectivity index (χ3n) is 3.28. The van der Waals surface area contributed by atoms with E-state index in [1.807, 2.05) is 13.8 Å². The minimum absolute atomic E-state index is 0.199. The second kappa shape index (κ2) is 5.68. The number of hydrogen-bond acceptors (Lipinski definition) is 2. The molecule has 4 nitrogen and oxygen atoms in total. The van der Waals surface area contributed by atoms with Crippen molar-refractivity contribution in [3.63, 3.8) is 0 Å². The van der Waals surface area contributed by atoms with Crippen molar-refractivity contribution in [1.82, 2.24) is 4.90 Å². The lowest BCUT2D eigenvalue weighted by atomic mass is 10.1. The van der Waals surface area contributed by atoms with Crippen molar-refractivity contribution in [2.24, 2.45) is 5.92 Å². The molecule has 1 heterocycles. The van der Waals surface area contributed by atoms with Crippen molar-refractivity contribution in [2.45, 2.75) is 13.8 Å². The second-order valence-corrected chi connectivity index (χ2v) is 5.74. The first-order valence-corrected chi connectivity index (χ1v) is 6.86. The largest absolute Gasteiger partial charge is 0.345 e. The molecule has 0 atom stereocenters. The lowest BCUT2D eigenvalue weighted by Gasteiger charge is -2.19. The highest BCUT2D eigenvalue weighted by molar-refractivity contribution is 6.34. The van der Waals surface area contributed by atoms with Gasteiger partial charge in [0.2, 0.25) is 5.91 Å². The average Bonchev–Trinajstić information content (AvgIpc) is 2.65. The summed E-state index contributed by atoms with van der Waals surface area (Å²) in [6.45, 7) is 4.33. The summed E-state index contributed by atoms with van der Waals surface area (Å²) in [4.78, 5) is 27.2. The van der Waals surface area contributed by atoms with Crippen molar-refractivity contribution in [1.29, 1.82) is 0 Å². The van der Waals surface area contributed by atoms with Gasteiger partial charge >= 0.3 is 0 Å². The molecule has 2 rings (SSSR count). The van der Waals surface area contributed by atoms with Crippen LogP contribution in [-0.4, -0.2) is 37.4 Å². The van der Waals surface area contributed by atoms with Gasteiger partial charge < -0.3 is 9.80 Å². The van der Waals surface area contributed by atoms with E-state index in [-0.39, 0.29) is 29.0 Å². The summed E-state index contributed by atoms with van der Waals surface area (Å²) in [6.07, 6.45) is 1.28. The molecular formula is C16H19FN2O2. The predicted molar refractivity (Wildman–Crippen MR) is 80.3 cm³/mol. The molecule has 0 aromatic heterocycles. The van der Waals surface area contributed by atoms with Crippen LogP contribution >= 0.6 is 0 Å². The predicted octanol–water partition coefficient (Wildman–Crippen LogP) is 2.30. The summed E-state index contributed by atoms with van der Waals surface area (Å²) < 4.78 is 14.1. The lowest BCUT2D eigenvalue weighted by molar-refractivity contribution is -0.123. The van der Waals surface area contributed by atoms with Gasteiger partial charge in [-0.3, -0.25) is 9.59 Å². The molecule has 0 spiro atoms. The number of halogens is 1. The SMILES string of the molecule is CC(C)CN1C(=O)C(=CC(=O)N(C)C)c2cccc(F)c21. The van der Waals surface area contributed by atoms with Gasteiger partial charge in [-0.05, 0) is 12.0 Å². The fourth-order valence-electron chi connectivity index (χ4n) is 2.30. The monoisotopic (exact) mass is 290 g/mol. The summed E-state index contributed by atoms with van der Waals surface area (Å²) in [6, 6.07) is 4.55. The van der Waals surface area contributed by atoms with Crippen molar-refractivity contribution in [2.75, 3.05) is 25.5 Å². The number of anilines is 1. The topological polar surface area (TPSA) is 40.6 Å². The van der Waals surface area contributed by atoms with Crippen LogP contribution in [0.1, 0.15) is 19.4 Å². The first-order valence-electron chi connectivity index (χ1n) is 6.86. The van der Waals surface area contributed by atoms with Crippen LogP contribution in [0.25, 0.3) is 5.57 Å². The number of amides is 2. The van der Waals surface area contributed by atoms with Gasteiger partial charge in [0.25, 0.3) is 5.91 Å². The molecule has 1 aliphatic heterocycles. The Bertz CT molecular complexity index is 621. The fraction of sp³-hybridized carbons (Fsp3) is 0.375. The molecule has 0 fully saturated rings. The molecule has 1 aromatic carbocycles. The van der Waals surface area contributed by atoms with E-state index in [1.165, 1.54) is 21.9 Å². The van der Waals surface area contributed by atoms with Gasteiger partial charge in [-0.15, -0.1) is 0 Å². The first kappa shape index (κ1) is 15.2. The van der Waals surface area contributed by atoms with Gasteiger partial charge in [-0.1, -0.05) is 26.0 Å². The number of rotatable bonds is 3. The minimum atomic E-state index is -0.442. The number of hydrogen-bond donors (Lipinski definition) is 0. The molecule has 1 aromatic rings. The maximum Gasteiger partial charge on any atom is 0.259 e. The van der Waals surface area contributed by atoms with Gasteiger partial charge in [-0.25, -0.2) is 4.39 Å². The highest BCUT2D eigenvalue weighted by Crippen LogP contribution is 2.38. The number of likely N-dealkylation sites (N-methyl/N-ethyl adjacent to an activating group) is 1. The molecule has 0 bridgehead atoms. The molecule has 0 saturated carbocycles. The Morgan fingerprint density at radius 3 is 2.62 bits per heavy atom. The molecule has 0 radical (unpaired) electrons. The standard InChI is InChI=1S/C16H19FN2O2/c1-10(2)9-19-15-11(6-5-7-13(15)17)12(16(19)21)8-14(20)18(3)4/h5-8,10H,9H2,1-4H3. The Morgan fingerprint density at radius 1 is 1.38 bits per heavy atom. The van der Waals surface area contributed by atoms with Crippen LogP contribution in [-0.2, 0) is 9.59 Å². The summed E-state index contributed by atoms with van der Waals surface area (Å²) in [5, 5.41) is 0. The van der Waals surface area contributed by atoms with Gasteiger partial charge in [0.05, 0.1) is 11.3 Å². The zero-order valence-corrected chi connectivity index (χ0v) is 12.7. The Morgan fingerprint density at radius 2 is 2.05 bits per heavy atom. The Kier molecular flexibility index (Phi) is 4.11. The quantitative estimate of drug-likeness (QED) is 0.801. The Hall–Kier alpha value is -2.17. The summed E-state index contributed by atoms with van der Waals surface area (Å²) in [7, 11) is 3.22. The van der Waals surface area contributed by atoms with Crippen LogP contribution in [0, 0.1) is 11.7 Å². The van der Waals surface area contributed by atoms with Crippen LogP contribution in [0.4, 0.5) is 10.1 Å².